The van der Waals surface area contributed by atoms with Crippen LogP contribution in [0.5, 0.6) is 0 Å². The summed E-state index contributed by atoms with van der Waals surface area (Å²) in [6, 6.07) is 8.13. The van der Waals surface area contributed by atoms with Gasteiger partial charge < -0.3 is 10.6 Å². The number of anilines is 1. The van der Waals surface area contributed by atoms with Crippen molar-refractivity contribution in [2.24, 2.45) is 5.73 Å². The second kappa shape index (κ2) is 7.28. The van der Waals surface area contributed by atoms with E-state index in [9.17, 15) is 0 Å². The Morgan fingerprint density at radius 1 is 1.18 bits per heavy atom. The molecule has 0 saturated heterocycles. The van der Waals surface area contributed by atoms with Gasteiger partial charge in [-0.3, -0.25) is 0 Å². The van der Waals surface area contributed by atoms with Crippen molar-refractivity contribution in [1.29, 1.82) is 0 Å². The molecule has 3 heteroatoms. The number of rotatable bonds is 7. The van der Waals surface area contributed by atoms with Crippen molar-refractivity contribution >= 4 is 22.9 Å². The number of benzene rings is 1. The first-order valence-electron chi connectivity index (χ1n) is 6.26. The molecule has 0 radical (unpaired) electrons. The van der Waals surface area contributed by atoms with Crippen LogP contribution in [-0.4, -0.2) is 18.6 Å². The van der Waals surface area contributed by atoms with Gasteiger partial charge in [-0.05, 0) is 30.7 Å². The van der Waals surface area contributed by atoms with Crippen molar-refractivity contribution in [1.82, 2.24) is 0 Å². The third-order valence-electron chi connectivity index (χ3n) is 2.94. The quantitative estimate of drug-likeness (QED) is 0.594. The maximum atomic E-state index is 5.57. The van der Waals surface area contributed by atoms with Gasteiger partial charge >= 0.3 is 0 Å². The zero-order valence-corrected chi connectivity index (χ0v) is 11.6. The van der Waals surface area contributed by atoms with E-state index in [0.29, 0.717) is 4.99 Å². The van der Waals surface area contributed by atoms with E-state index in [1.165, 1.54) is 31.4 Å². The molecule has 0 heterocycles. The van der Waals surface area contributed by atoms with E-state index < -0.39 is 0 Å². The molecule has 0 aliphatic heterocycles. The molecule has 0 fully saturated rings. The highest BCUT2D eigenvalue weighted by molar-refractivity contribution is 7.80. The summed E-state index contributed by atoms with van der Waals surface area (Å²) in [6.07, 6.45) is 5.17. The third-order valence-corrected chi connectivity index (χ3v) is 3.18. The molecular formula is C14H22N2S. The first-order valence-corrected chi connectivity index (χ1v) is 6.67. The summed E-state index contributed by atoms with van der Waals surface area (Å²) in [4.78, 5) is 2.74. The molecule has 0 aliphatic carbocycles. The predicted octanol–water partition coefficient (Wildman–Crippen LogP) is 3.34. The van der Waals surface area contributed by atoms with Gasteiger partial charge in [-0.2, -0.15) is 0 Å². The van der Waals surface area contributed by atoms with Crippen LogP contribution in [0.25, 0.3) is 0 Å². The number of hydrogen-bond acceptors (Lipinski definition) is 2. The number of thiocarbonyl (C=S) groups is 1. The zero-order chi connectivity index (χ0) is 12.7. The Morgan fingerprint density at radius 3 is 2.35 bits per heavy atom. The van der Waals surface area contributed by atoms with Crippen LogP contribution in [0, 0.1) is 0 Å². The molecule has 0 spiro atoms. The van der Waals surface area contributed by atoms with Gasteiger partial charge in [-0.1, -0.05) is 38.4 Å². The first kappa shape index (κ1) is 14.0. The Bertz CT molecular complexity index is 346. The maximum absolute atomic E-state index is 5.57. The highest BCUT2D eigenvalue weighted by Gasteiger charge is 2.01. The summed E-state index contributed by atoms with van der Waals surface area (Å²) in [5, 5.41) is 0. The van der Waals surface area contributed by atoms with Crippen molar-refractivity contribution < 1.29 is 0 Å². The van der Waals surface area contributed by atoms with Gasteiger partial charge in [0, 0.05) is 24.8 Å². The van der Waals surface area contributed by atoms with Crippen LogP contribution in [0.2, 0.25) is 0 Å². The molecule has 0 amide bonds. The number of nitrogens with zero attached hydrogens (tertiary/aromatic N) is 1. The van der Waals surface area contributed by atoms with Crippen molar-refractivity contribution in [2.45, 2.75) is 32.6 Å². The molecule has 0 saturated carbocycles. The molecule has 1 rings (SSSR count). The maximum Gasteiger partial charge on any atom is 0.103 e. The van der Waals surface area contributed by atoms with Gasteiger partial charge in [0.05, 0.1) is 0 Å². The van der Waals surface area contributed by atoms with Crippen molar-refractivity contribution in [3.8, 4) is 0 Å². The van der Waals surface area contributed by atoms with Crippen LogP contribution in [0.4, 0.5) is 5.69 Å². The van der Waals surface area contributed by atoms with Crippen LogP contribution in [0.15, 0.2) is 24.3 Å². The molecule has 0 unspecified atom stereocenters. The van der Waals surface area contributed by atoms with Gasteiger partial charge in [0.15, 0.2) is 0 Å². The van der Waals surface area contributed by atoms with E-state index in [-0.39, 0.29) is 0 Å². The van der Waals surface area contributed by atoms with Crippen LogP contribution >= 0.6 is 12.2 Å². The molecule has 2 N–H and O–H groups in total. The summed E-state index contributed by atoms with van der Waals surface area (Å²) in [7, 11) is 2.13. The number of hydrogen-bond donors (Lipinski definition) is 1. The lowest BCUT2D eigenvalue weighted by molar-refractivity contribution is 0.661. The average Bonchev–Trinajstić information content (AvgIpc) is 2.34. The summed E-state index contributed by atoms with van der Waals surface area (Å²) in [5.74, 6) is 0. The minimum Gasteiger partial charge on any atom is -0.389 e. The normalized spacial score (nSPS) is 10.2. The molecule has 0 atom stereocenters. The fourth-order valence-corrected chi connectivity index (χ4v) is 1.92. The zero-order valence-electron chi connectivity index (χ0n) is 10.8. The highest BCUT2D eigenvalue weighted by atomic mass is 32.1. The van der Waals surface area contributed by atoms with E-state index in [1.807, 2.05) is 12.1 Å². The lowest BCUT2D eigenvalue weighted by Gasteiger charge is -2.19. The molecule has 1 aromatic carbocycles. The molecule has 0 aliphatic rings. The van der Waals surface area contributed by atoms with Crippen molar-refractivity contribution in [2.75, 3.05) is 18.5 Å². The minimum absolute atomic E-state index is 0.460. The van der Waals surface area contributed by atoms with Crippen molar-refractivity contribution in [3.05, 3.63) is 29.8 Å². The van der Waals surface area contributed by atoms with Gasteiger partial charge in [-0.25, -0.2) is 0 Å². The molecule has 2 nitrogen and oxygen atoms in total. The largest absolute Gasteiger partial charge is 0.389 e. The summed E-state index contributed by atoms with van der Waals surface area (Å²) < 4.78 is 0. The second-order valence-corrected chi connectivity index (χ2v) is 4.83. The Morgan fingerprint density at radius 2 is 1.82 bits per heavy atom. The van der Waals surface area contributed by atoms with E-state index in [0.717, 1.165) is 12.1 Å². The molecule has 0 aromatic heterocycles. The summed E-state index contributed by atoms with van der Waals surface area (Å²) in [6.45, 7) is 3.34. The Hall–Kier alpha value is -1.09. The topological polar surface area (TPSA) is 29.3 Å². The van der Waals surface area contributed by atoms with E-state index in [1.54, 1.807) is 0 Å². The lowest BCUT2D eigenvalue weighted by Crippen LogP contribution is -2.18. The Kier molecular flexibility index (Phi) is 5.98. The molecule has 0 bridgehead atoms. The number of unbranched alkanes of at least 4 members (excludes halogenated alkanes) is 3. The fourth-order valence-electron chi connectivity index (χ4n) is 1.79. The summed E-state index contributed by atoms with van der Waals surface area (Å²) >= 11 is 4.93. The lowest BCUT2D eigenvalue weighted by atomic mass is 10.1. The molecule has 1 aromatic rings. The monoisotopic (exact) mass is 250 g/mol. The van der Waals surface area contributed by atoms with Gasteiger partial charge in [0.2, 0.25) is 0 Å². The van der Waals surface area contributed by atoms with Gasteiger partial charge in [0.1, 0.15) is 4.99 Å². The van der Waals surface area contributed by atoms with Crippen LogP contribution < -0.4 is 10.6 Å². The van der Waals surface area contributed by atoms with Crippen LogP contribution in [-0.2, 0) is 0 Å². The fraction of sp³-hybridized carbons (Fsp3) is 0.500. The second-order valence-electron chi connectivity index (χ2n) is 4.39. The molecule has 94 valence electrons. The van der Waals surface area contributed by atoms with E-state index >= 15 is 0 Å². The van der Waals surface area contributed by atoms with Crippen LogP contribution in [0.1, 0.15) is 38.2 Å². The smallest absolute Gasteiger partial charge is 0.103 e. The Balaban J connectivity index is 2.46. The molecular weight excluding hydrogens is 228 g/mol. The van der Waals surface area contributed by atoms with Gasteiger partial charge in [0.25, 0.3) is 0 Å². The standard InChI is InChI=1S/C14H22N2S/c1-3-4-5-6-11-16(2)13-9-7-12(8-10-13)14(15)17/h7-10H,3-6,11H2,1-2H3,(H2,15,17). The highest BCUT2D eigenvalue weighted by Crippen LogP contribution is 2.14. The van der Waals surface area contributed by atoms with E-state index in [4.69, 9.17) is 18.0 Å². The third kappa shape index (κ3) is 4.73. The average molecular weight is 250 g/mol. The first-order chi connectivity index (χ1) is 8.15. The van der Waals surface area contributed by atoms with E-state index in [2.05, 4.69) is 31.0 Å². The SMILES string of the molecule is CCCCCCN(C)c1ccc(C(N)=S)cc1. The van der Waals surface area contributed by atoms with Crippen molar-refractivity contribution in [3.63, 3.8) is 0 Å². The van der Waals surface area contributed by atoms with Crippen LogP contribution in [0.3, 0.4) is 0 Å². The minimum atomic E-state index is 0.460. The molecule has 17 heavy (non-hydrogen) atoms. The predicted molar refractivity (Wildman–Crippen MR) is 79.7 cm³/mol. The Labute approximate surface area is 110 Å². The summed E-state index contributed by atoms with van der Waals surface area (Å²) in [5.41, 5.74) is 7.73. The number of nitrogens with two attached hydrogens (primary N) is 1. The van der Waals surface area contributed by atoms with Gasteiger partial charge in [-0.15, -0.1) is 0 Å².